The lowest BCUT2D eigenvalue weighted by Gasteiger charge is -2.24. The Morgan fingerprint density at radius 3 is 2.18 bits per heavy atom. The number of para-hydroxylation sites is 1. The average molecular weight is 460 g/mol. The maximum Gasteiger partial charge on any atom is 0.416 e. The van der Waals surface area contributed by atoms with E-state index >= 15 is 0 Å². The van der Waals surface area contributed by atoms with Crippen LogP contribution in [0.1, 0.15) is 33.5 Å². The molecule has 174 valence electrons. The second-order valence-electron chi connectivity index (χ2n) is 7.47. The van der Waals surface area contributed by atoms with Crippen molar-refractivity contribution >= 4 is 5.91 Å². The van der Waals surface area contributed by atoms with Gasteiger partial charge in [0.05, 0.1) is 11.1 Å². The van der Waals surface area contributed by atoms with Crippen LogP contribution in [0, 0.1) is 5.82 Å². The first-order valence-corrected chi connectivity index (χ1v) is 10.4. The van der Waals surface area contributed by atoms with Crippen LogP contribution in [-0.4, -0.2) is 23.9 Å². The molecule has 8 heteroatoms. The fraction of sp³-hybridized carbons (Fsp3) is 0.240. The monoisotopic (exact) mass is 460 g/mol. The zero-order valence-corrected chi connectivity index (χ0v) is 17.8. The lowest BCUT2D eigenvalue weighted by Crippen LogP contribution is -2.32. The SMILES string of the molecule is NCCCN(Cc1ccc(F)cc1)C(=O)c1ccccc1OCc1ccc(C(F)(F)F)cc1. The third-order valence-corrected chi connectivity index (χ3v) is 5.00. The number of rotatable bonds is 9. The van der Waals surface area contributed by atoms with E-state index < -0.39 is 11.7 Å². The van der Waals surface area contributed by atoms with Gasteiger partial charge in [0.1, 0.15) is 18.2 Å². The molecular formula is C25H24F4N2O2. The van der Waals surface area contributed by atoms with Crippen LogP contribution in [0.2, 0.25) is 0 Å². The van der Waals surface area contributed by atoms with Crippen molar-refractivity contribution in [2.24, 2.45) is 5.73 Å². The highest BCUT2D eigenvalue weighted by Gasteiger charge is 2.30. The molecule has 0 fully saturated rings. The van der Waals surface area contributed by atoms with Gasteiger partial charge in [-0.2, -0.15) is 13.2 Å². The molecule has 0 saturated carbocycles. The number of hydrogen-bond acceptors (Lipinski definition) is 3. The molecule has 0 aliphatic rings. The predicted molar refractivity (Wildman–Crippen MR) is 117 cm³/mol. The molecule has 33 heavy (non-hydrogen) atoms. The maximum absolute atomic E-state index is 13.3. The zero-order chi connectivity index (χ0) is 23.8. The van der Waals surface area contributed by atoms with Gasteiger partial charge in [0, 0.05) is 13.1 Å². The van der Waals surface area contributed by atoms with Crippen molar-refractivity contribution in [2.45, 2.75) is 25.7 Å². The minimum absolute atomic E-state index is 0.00317. The van der Waals surface area contributed by atoms with Crippen LogP contribution in [0.5, 0.6) is 5.75 Å². The highest BCUT2D eigenvalue weighted by Crippen LogP contribution is 2.29. The molecule has 0 aromatic heterocycles. The first-order chi connectivity index (χ1) is 15.8. The number of benzene rings is 3. The van der Waals surface area contributed by atoms with Gasteiger partial charge in [-0.25, -0.2) is 4.39 Å². The van der Waals surface area contributed by atoms with Gasteiger partial charge in [0.15, 0.2) is 0 Å². The molecule has 0 radical (unpaired) electrons. The molecule has 0 spiro atoms. The summed E-state index contributed by atoms with van der Waals surface area (Å²) in [5.74, 6) is -0.323. The van der Waals surface area contributed by atoms with Crippen molar-refractivity contribution in [1.29, 1.82) is 0 Å². The highest BCUT2D eigenvalue weighted by molar-refractivity contribution is 5.96. The van der Waals surface area contributed by atoms with Gasteiger partial charge in [0.2, 0.25) is 0 Å². The Hall–Kier alpha value is -3.39. The van der Waals surface area contributed by atoms with E-state index in [9.17, 15) is 22.4 Å². The van der Waals surface area contributed by atoms with Crippen molar-refractivity contribution in [3.8, 4) is 5.75 Å². The average Bonchev–Trinajstić information content (AvgIpc) is 2.81. The molecule has 0 heterocycles. The molecule has 3 rings (SSSR count). The Kier molecular flexibility index (Phi) is 8.06. The van der Waals surface area contributed by atoms with Crippen LogP contribution >= 0.6 is 0 Å². The van der Waals surface area contributed by atoms with E-state index in [1.165, 1.54) is 24.3 Å². The first-order valence-electron chi connectivity index (χ1n) is 10.4. The van der Waals surface area contributed by atoms with Crippen molar-refractivity contribution in [2.75, 3.05) is 13.1 Å². The standard InChI is InChI=1S/C25H24F4N2O2/c26-21-12-8-18(9-13-21)16-31(15-3-14-30)24(32)22-4-1-2-5-23(22)33-17-19-6-10-20(11-7-19)25(27,28)29/h1-2,4-13H,3,14-17,30H2. The van der Waals surface area contributed by atoms with E-state index in [0.29, 0.717) is 36.4 Å². The molecule has 3 aromatic rings. The third kappa shape index (κ3) is 6.79. The molecule has 0 unspecified atom stereocenters. The van der Waals surface area contributed by atoms with Crippen LogP contribution in [0.25, 0.3) is 0 Å². The molecule has 0 atom stereocenters. The number of ether oxygens (including phenoxy) is 1. The summed E-state index contributed by atoms with van der Waals surface area (Å²) in [6.07, 6.45) is -3.82. The van der Waals surface area contributed by atoms with E-state index in [1.807, 2.05) is 0 Å². The third-order valence-electron chi connectivity index (χ3n) is 5.00. The van der Waals surface area contributed by atoms with Gasteiger partial charge in [-0.15, -0.1) is 0 Å². The Labute approximate surface area is 189 Å². The molecule has 0 aliphatic heterocycles. The zero-order valence-electron chi connectivity index (χ0n) is 17.8. The fourth-order valence-corrected chi connectivity index (χ4v) is 3.24. The van der Waals surface area contributed by atoms with E-state index in [2.05, 4.69) is 0 Å². The van der Waals surface area contributed by atoms with E-state index in [1.54, 1.807) is 41.3 Å². The van der Waals surface area contributed by atoms with Gasteiger partial charge in [0.25, 0.3) is 5.91 Å². The number of halogens is 4. The summed E-state index contributed by atoms with van der Waals surface area (Å²) in [6, 6.07) is 17.3. The Bertz CT molecular complexity index is 1050. The van der Waals surface area contributed by atoms with Gasteiger partial charge in [-0.3, -0.25) is 4.79 Å². The van der Waals surface area contributed by atoms with E-state index in [0.717, 1.165) is 17.7 Å². The summed E-state index contributed by atoms with van der Waals surface area (Å²) in [6.45, 7) is 1.08. The largest absolute Gasteiger partial charge is 0.488 e. The Morgan fingerprint density at radius 1 is 0.909 bits per heavy atom. The summed E-state index contributed by atoms with van der Waals surface area (Å²) in [7, 11) is 0. The molecule has 3 aromatic carbocycles. The predicted octanol–water partition coefficient (Wildman–Crippen LogP) is 5.41. The molecule has 1 amide bonds. The maximum atomic E-state index is 13.3. The number of amides is 1. The Morgan fingerprint density at radius 2 is 1.55 bits per heavy atom. The van der Waals surface area contributed by atoms with Gasteiger partial charge in [-0.05, 0) is 60.5 Å². The lowest BCUT2D eigenvalue weighted by atomic mass is 10.1. The second-order valence-corrected chi connectivity index (χ2v) is 7.47. The van der Waals surface area contributed by atoms with Crippen LogP contribution in [0.15, 0.2) is 72.8 Å². The molecule has 4 nitrogen and oxygen atoms in total. The van der Waals surface area contributed by atoms with E-state index in [-0.39, 0.29) is 24.9 Å². The molecule has 0 aliphatic carbocycles. The number of nitrogens with zero attached hydrogens (tertiary/aromatic N) is 1. The summed E-state index contributed by atoms with van der Waals surface area (Å²) in [5, 5.41) is 0. The van der Waals surface area contributed by atoms with Gasteiger partial charge >= 0.3 is 6.18 Å². The summed E-state index contributed by atoms with van der Waals surface area (Å²) < 4.78 is 57.3. The highest BCUT2D eigenvalue weighted by atomic mass is 19.4. The minimum atomic E-state index is -4.41. The Balaban J connectivity index is 1.75. The van der Waals surface area contributed by atoms with Crippen molar-refractivity contribution < 1.29 is 27.1 Å². The van der Waals surface area contributed by atoms with Crippen LogP contribution in [0.3, 0.4) is 0 Å². The van der Waals surface area contributed by atoms with Crippen molar-refractivity contribution in [3.63, 3.8) is 0 Å². The van der Waals surface area contributed by atoms with Gasteiger partial charge in [-0.1, -0.05) is 36.4 Å². The second kappa shape index (κ2) is 11.0. The summed E-state index contributed by atoms with van der Waals surface area (Å²) in [4.78, 5) is 14.9. The number of carbonyl (C=O) groups is 1. The van der Waals surface area contributed by atoms with Gasteiger partial charge < -0.3 is 15.4 Å². The lowest BCUT2D eigenvalue weighted by molar-refractivity contribution is -0.137. The molecule has 2 N–H and O–H groups in total. The summed E-state index contributed by atoms with van der Waals surface area (Å²) in [5.41, 5.74) is 6.52. The number of carbonyl (C=O) groups excluding carboxylic acids is 1. The number of nitrogens with two attached hydrogens (primary N) is 1. The normalized spacial score (nSPS) is 11.3. The molecular weight excluding hydrogens is 436 g/mol. The van der Waals surface area contributed by atoms with E-state index in [4.69, 9.17) is 10.5 Å². The van der Waals surface area contributed by atoms with Crippen molar-refractivity contribution in [3.05, 3.63) is 101 Å². The van der Waals surface area contributed by atoms with Crippen LogP contribution < -0.4 is 10.5 Å². The van der Waals surface area contributed by atoms with Crippen molar-refractivity contribution in [1.82, 2.24) is 4.90 Å². The van der Waals surface area contributed by atoms with Crippen LogP contribution in [0.4, 0.5) is 17.6 Å². The summed E-state index contributed by atoms with van der Waals surface area (Å²) >= 11 is 0. The van der Waals surface area contributed by atoms with Crippen LogP contribution in [-0.2, 0) is 19.3 Å². The fourth-order valence-electron chi connectivity index (χ4n) is 3.24. The first kappa shape index (κ1) is 24.3. The number of alkyl halides is 3. The minimum Gasteiger partial charge on any atom is -0.488 e. The molecule has 0 saturated heterocycles. The number of hydrogen-bond donors (Lipinski definition) is 1. The quantitative estimate of drug-likeness (QED) is 0.434. The topological polar surface area (TPSA) is 55.6 Å². The molecule has 0 bridgehead atoms. The smallest absolute Gasteiger partial charge is 0.416 e.